The van der Waals surface area contributed by atoms with Gasteiger partial charge in [-0.2, -0.15) is 0 Å². The summed E-state index contributed by atoms with van der Waals surface area (Å²) < 4.78 is 0.980. The maximum absolute atomic E-state index is 12.2. The van der Waals surface area contributed by atoms with Gasteiger partial charge in [-0.05, 0) is 82.7 Å². The predicted octanol–water partition coefficient (Wildman–Crippen LogP) is 4.28. The van der Waals surface area contributed by atoms with Crippen molar-refractivity contribution in [2.45, 2.75) is 0 Å². The van der Waals surface area contributed by atoms with Gasteiger partial charge in [-0.15, -0.1) is 0 Å². The van der Waals surface area contributed by atoms with Crippen molar-refractivity contribution in [2.75, 3.05) is 5.32 Å². The lowest BCUT2D eigenvalue weighted by Crippen LogP contribution is -2.34. The van der Waals surface area contributed by atoms with Gasteiger partial charge >= 0.3 is 0 Å². The molecule has 120 valence electrons. The Morgan fingerprint density at radius 1 is 1.04 bits per heavy atom. The van der Waals surface area contributed by atoms with E-state index in [0.29, 0.717) is 5.56 Å². The first-order valence-electron chi connectivity index (χ1n) is 7.12. The average Bonchev–Trinajstić information content (AvgIpc) is 2.54. The fraction of sp³-hybridized carbons (Fsp3) is 0. The molecule has 0 radical (unpaired) electrons. The smallest absolute Gasteiger partial charge is 0.257 e. The number of rotatable bonds is 2. The van der Waals surface area contributed by atoms with E-state index in [1.165, 1.54) is 0 Å². The Morgan fingerprint density at radius 2 is 1.83 bits per heavy atom. The van der Waals surface area contributed by atoms with Crippen LogP contribution in [-0.2, 0) is 0 Å². The summed E-state index contributed by atoms with van der Waals surface area (Å²) in [6.45, 7) is 0. The molecule has 24 heavy (non-hydrogen) atoms. The molecule has 0 unspecified atom stereocenters. The molecule has 0 aromatic heterocycles. The fourth-order valence-corrected chi connectivity index (χ4v) is 3.08. The number of amides is 1. The molecule has 0 bridgehead atoms. The Hall–Kier alpha value is -2.19. The lowest BCUT2D eigenvalue weighted by Gasteiger charge is -2.12. The van der Waals surface area contributed by atoms with Gasteiger partial charge in [-0.3, -0.25) is 10.1 Å². The van der Waals surface area contributed by atoms with Gasteiger partial charge in [-0.1, -0.05) is 18.2 Å². The molecule has 0 saturated carbocycles. The van der Waals surface area contributed by atoms with E-state index in [9.17, 15) is 9.90 Å². The summed E-state index contributed by atoms with van der Waals surface area (Å²) in [7, 11) is 0. The number of hydrogen-bond acceptors (Lipinski definition) is 3. The van der Waals surface area contributed by atoms with Crippen molar-refractivity contribution >= 4 is 62.3 Å². The number of benzene rings is 3. The largest absolute Gasteiger partial charge is 0.508 e. The molecule has 0 spiro atoms. The maximum Gasteiger partial charge on any atom is 0.257 e. The summed E-state index contributed by atoms with van der Waals surface area (Å²) in [4.78, 5) is 12.2. The van der Waals surface area contributed by atoms with Crippen molar-refractivity contribution in [3.05, 3.63) is 69.8 Å². The number of fused-ring (bicyclic) bond motifs is 1. The number of phenolic OH excluding ortho intramolecular Hbond substituents is 1. The van der Waals surface area contributed by atoms with Gasteiger partial charge in [0.2, 0.25) is 0 Å². The number of aromatic hydroxyl groups is 1. The van der Waals surface area contributed by atoms with Crippen molar-refractivity contribution < 1.29 is 9.90 Å². The number of thiocarbonyl (C=S) groups is 1. The zero-order chi connectivity index (χ0) is 17.1. The summed E-state index contributed by atoms with van der Waals surface area (Å²) in [6.07, 6.45) is 0. The first-order valence-corrected chi connectivity index (χ1v) is 8.61. The Balaban J connectivity index is 1.77. The Morgan fingerprint density at radius 3 is 2.62 bits per heavy atom. The molecule has 0 aliphatic carbocycles. The van der Waals surface area contributed by atoms with Crippen LogP contribution in [0.5, 0.6) is 5.75 Å². The van der Waals surface area contributed by atoms with E-state index in [2.05, 4.69) is 33.2 Å². The molecule has 4 nitrogen and oxygen atoms in total. The van der Waals surface area contributed by atoms with E-state index in [4.69, 9.17) is 12.2 Å². The van der Waals surface area contributed by atoms with Gasteiger partial charge in [0.05, 0.1) is 0 Å². The van der Waals surface area contributed by atoms with Gasteiger partial charge in [0.15, 0.2) is 5.11 Å². The lowest BCUT2D eigenvalue weighted by atomic mass is 10.1. The van der Waals surface area contributed by atoms with E-state index in [1.807, 2.05) is 30.3 Å². The summed E-state index contributed by atoms with van der Waals surface area (Å²) in [5, 5.41) is 17.3. The van der Waals surface area contributed by atoms with Crippen LogP contribution in [0.4, 0.5) is 5.69 Å². The molecule has 3 aromatic rings. The van der Waals surface area contributed by atoms with Crippen LogP contribution in [0, 0.1) is 3.57 Å². The first-order chi connectivity index (χ1) is 11.5. The molecule has 3 aromatic carbocycles. The minimum Gasteiger partial charge on any atom is -0.508 e. The third-order valence-corrected chi connectivity index (χ3v) is 4.30. The molecule has 0 heterocycles. The number of halogens is 1. The summed E-state index contributed by atoms with van der Waals surface area (Å²) in [5.41, 5.74) is 1.31. The second kappa shape index (κ2) is 7.14. The first kappa shape index (κ1) is 16.7. The van der Waals surface area contributed by atoms with Gasteiger partial charge < -0.3 is 10.4 Å². The van der Waals surface area contributed by atoms with Crippen molar-refractivity contribution in [3.63, 3.8) is 0 Å². The van der Waals surface area contributed by atoms with Crippen LogP contribution in [0.1, 0.15) is 10.4 Å². The Bertz CT molecular complexity index is 943. The number of nitrogens with one attached hydrogen (secondary N) is 2. The fourth-order valence-electron chi connectivity index (χ4n) is 2.34. The van der Waals surface area contributed by atoms with E-state index in [1.54, 1.807) is 30.3 Å². The SMILES string of the molecule is O=C(NC(=S)Nc1cccc2cc(O)ccc12)c1cccc(I)c1. The maximum atomic E-state index is 12.2. The molecular formula is C18H13IN2O2S. The molecule has 1 amide bonds. The van der Waals surface area contributed by atoms with Crippen LogP contribution < -0.4 is 10.6 Å². The van der Waals surface area contributed by atoms with Crippen molar-refractivity contribution in [1.29, 1.82) is 0 Å². The van der Waals surface area contributed by atoms with Gasteiger partial charge in [0, 0.05) is 20.2 Å². The van der Waals surface area contributed by atoms with Crippen molar-refractivity contribution in [2.24, 2.45) is 0 Å². The van der Waals surface area contributed by atoms with Crippen molar-refractivity contribution in [1.82, 2.24) is 5.32 Å². The van der Waals surface area contributed by atoms with Gasteiger partial charge in [0.1, 0.15) is 5.75 Å². The number of hydrogen-bond donors (Lipinski definition) is 3. The average molecular weight is 448 g/mol. The molecule has 0 fully saturated rings. The summed E-state index contributed by atoms with van der Waals surface area (Å²) in [5.74, 6) is -0.0573. The molecule has 3 N–H and O–H groups in total. The van der Waals surface area contributed by atoms with Gasteiger partial charge in [0.25, 0.3) is 5.91 Å². The predicted molar refractivity (Wildman–Crippen MR) is 108 cm³/mol. The van der Waals surface area contributed by atoms with E-state index < -0.39 is 0 Å². The van der Waals surface area contributed by atoms with Crippen molar-refractivity contribution in [3.8, 4) is 5.75 Å². The lowest BCUT2D eigenvalue weighted by molar-refractivity contribution is 0.0977. The van der Waals surface area contributed by atoms with Crippen LogP contribution in [0.25, 0.3) is 10.8 Å². The minimum atomic E-state index is -0.260. The molecule has 3 rings (SSSR count). The monoisotopic (exact) mass is 448 g/mol. The molecule has 0 saturated heterocycles. The number of carbonyl (C=O) groups excluding carboxylic acids is 1. The highest BCUT2D eigenvalue weighted by Gasteiger charge is 2.09. The zero-order valence-electron chi connectivity index (χ0n) is 12.4. The summed E-state index contributed by atoms with van der Waals surface area (Å²) >= 11 is 7.39. The second-order valence-electron chi connectivity index (χ2n) is 5.13. The van der Waals surface area contributed by atoms with Crippen LogP contribution in [0.2, 0.25) is 0 Å². The molecular weight excluding hydrogens is 435 g/mol. The minimum absolute atomic E-state index is 0.203. The number of anilines is 1. The summed E-state index contributed by atoms with van der Waals surface area (Å²) in [6, 6.07) is 18.0. The Kier molecular flexibility index (Phi) is 4.96. The second-order valence-corrected chi connectivity index (χ2v) is 6.78. The molecule has 0 aliphatic rings. The highest BCUT2D eigenvalue weighted by atomic mass is 127. The van der Waals surface area contributed by atoms with Gasteiger partial charge in [-0.25, -0.2) is 0 Å². The van der Waals surface area contributed by atoms with E-state index in [-0.39, 0.29) is 16.8 Å². The van der Waals surface area contributed by atoms with E-state index in [0.717, 1.165) is 20.0 Å². The highest BCUT2D eigenvalue weighted by molar-refractivity contribution is 14.1. The normalized spacial score (nSPS) is 10.4. The number of phenols is 1. The zero-order valence-corrected chi connectivity index (χ0v) is 15.4. The van der Waals surface area contributed by atoms with Crippen LogP contribution in [0.15, 0.2) is 60.7 Å². The Labute approximate surface area is 158 Å². The molecule has 0 atom stereocenters. The topological polar surface area (TPSA) is 61.4 Å². The number of carbonyl (C=O) groups is 1. The third kappa shape index (κ3) is 3.82. The standard InChI is InChI=1S/C18H13IN2O2S/c19-13-5-1-4-12(9-13)17(23)21-18(24)20-16-6-2-3-11-10-14(22)7-8-15(11)16/h1-10,22H,(H2,20,21,23,24). The molecule has 6 heteroatoms. The van der Waals surface area contributed by atoms with Crippen LogP contribution >= 0.6 is 34.8 Å². The third-order valence-electron chi connectivity index (χ3n) is 3.43. The molecule has 0 aliphatic heterocycles. The highest BCUT2D eigenvalue weighted by Crippen LogP contribution is 2.26. The quantitative estimate of drug-likeness (QED) is 0.405. The van der Waals surface area contributed by atoms with E-state index >= 15 is 0 Å². The van der Waals surface area contributed by atoms with Crippen LogP contribution in [-0.4, -0.2) is 16.1 Å². The van der Waals surface area contributed by atoms with Crippen LogP contribution in [0.3, 0.4) is 0 Å².